The summed E-state index contributed by atoms with van der Waals surface area (Å²) < 4.78 is 0. The first-order chi connectivity index (χ1) is 14.9. The fraction of sp³-hybridized carbons (Fsp3) is 0.565. The van der Waals surface area contributed by atoms with E-state index in [1.165, 1.54) is 31.9 Å². The summed E-state index contributed by atoms with van der Waals surface area (Å²) in [6, 6.07) is 4.23. The summed E-state index contributed by atoms with van der Waals surface area (Å²) in [7, 11) is 0. The number of amides is 1. The lowest BCUT2D eigenvalue weighted by atomic mass is 10.0. The van der Waals surface area contributed by atoms with Crippen molar-refractivity contribution in [3.63, 3.8) is 0 Å². The van der Waals surface area contributed by atoms with Gasteiger partial charge in [-0.1, -0.05) is 26.7 Å². The minimum Gasteiger partial charge on any atom is -0.365 e. The highest BCUT2D eigenvalue weighted by atomic mass is 16.1. The molecule has 3 heterocycles. The minimum atomic E-state index is -0.557. The summed E-state index contributed by atoms with van der Waals surface area (Å²) in [6.07, 6.45) is 8.36. The molecule has 2 aromatic heterocycles. The highest BCUT2D eigenvalue weighted by molar-refractivity contribution is 5.98. The van der Waals surface area contributed by atoms with Gasteiger partial charge in [-0.2, -0.15) is 4.98 Å². The average molecular weight is 424 g/mol. The van der Waals surface area contributed by atoms with Crippen LogP contribution in [0.3, 0.4) is 0 Å². The Kier molecular flexibility index (Phi) is 6.36. The Hall–Kier alpha value is -2.74. The van der Waals surface area contributed by atoms with E-state index in [1.54, 1.807) is 0 Å². The summed E-state index contributed by atoms with van der Waals surface area (Å²) >= 11 is 0. The number of hydrogen-bond donors (Lipinski definition) is 3. The summed E-state index contributed by atoms with van der Waals surface area (Å²) in [5.74, 6) is 1.23. The zero-order chi connectivity index (χ0) is 22.0. The van der Waals surface area contributed by atoms with Crippen molar-refractivity contribution >= 4 is 23.4 Å². The van der Waals surface area contributed by atoms with Gasteiger partial charge >= 0.3 is 0 Å². The van der Waals surface area contributed by atoms with E-state index >= 15 is 0 Å². The van der Waals surface area contributed by atoms with Gasteiger partial charge in [0, 0.05) is 48.3 Å². The molecule has 0 spiro atoms. The van der Waals surface area contributed by atoms with Gasteiger partial charge in [0.1, 0.15) is 11.4 Å². The van der Waals surface area contributed by atoms with Crippen molar-refractivity contribution in [3.8, 4) is 0 Å². The second-order valence-electron chi connectivity index (χ2n) is 9.11. The lowest BCUT2D eigenvalue weighted by Crippen LogP contribution is -2.43. The molecule has 31 heavy (non-hydrogen) atoms. The summed E-state index contributed by atoms with van der Waals surface area (Å²) in [4.78, 5) is 28.1. The first kappa shape index (κ1) is 21.5. The highest BCUT2D eigenvalue weighted by Gasteiger charge is 2.23. The maximum absolute atomic E-state index is 12.1. The van der Waals surface area contributed by atoms with Gasteiger partial charge in [0.25, 0.3) is 5.91 Å². The van der Waals surface area contributed by atoms with Crippen LogP contribution in [0.2, 0.25) is 0 Å². The van der Waals surface area contributed by atoms with Crippen molar-refractivity contribution < 1.29 is 4.79 Å². The molecule has 0 bridgehead atoms. The second-order valence-corrected chi connectivity index (χ2v) is 9.11. The molecule has 1 amide bonds. The van der Waals surface area contributed by atoms with Crippen LogP contribution in [0.4, 0.5) is 17.5 Å². The first-order valence-corrected chi connectivity index (χ1v) is 11.4. The minimum absolute atomic E-state index is 0.104. The molecule has 1 aliphatic heterocycles. The van der Waals surface area contributed by atoms with E-state index in [-0.39, 0.29) is 11.6 Å². The Morgan fingerprint density at radius 1 is 1.16 bits per heavy atom. The Morgan fingerprint density at radius 2 is 1.94 bits per heavy atom. The summed E-state index contributed by atoms with van der Waals surface area (Å²) in [5.41, 5.74) is 15.0. The van der Waals surface area contributed by atoms with Crippen LogP contribution in [0.5, 0.6) is 0 Å². The largest absolute Gasteiger partial charge is 0.365 e. The third-order valence-corrected chi connectivity index (χ3v) is 6.27. The number of carbonyl (C=O) groups excluding carboxylic acids is 1. The van der Waals surface area contributed by atoms with Crippen LogP contribution in [0.15, 0.2) is 18.3 Å². The molecular weight excluding hydrogens is 390 g/mol. The number of primary amides is 1. The van der Waals surface area contributed by atoms with Gasteiger partial charge in [0.2, 0.25) is 5.95 Å². The third kappa shape index (κ3) is 4.95. The van der Waals surface area contributed by atoms with E-state index in [1.807, 2.05) is 6.07 Å². The van der Waals surface area contributed by atoms with Gasteiger partial charge in [-0.05, 0) is 43.7 Å². The van der Waals surface area contributed by atoms with Crippen molar-refractivity contribution in [2.24, 2.45) is 11.5 Å². The summed E-state index contributed by atoms with van der Waals surface area (Å²) in [6.45, 7) is 5.83. The van der Waals surface area contributed by atoms with E-state index in [0.29, 0.717) is 30.1 Å². The topological polar surface area (TPSA) is 123 Å². The van der Waals surface area contributed by atoms with E-state index in [4.69, 9.17) is 16.5 Å². The van der Waals surface area contributed by atoms with Crippen LogP contribution < -0.4 is 21.7 Å². The first-order valence-electron chi connectivity index (χ1n) is 11.4. The number of pyridine rings is 1. The van der Waals surface area contributed by atoms with E-state index in [2.05, 4.69) is 40.1 Å². The molecule has 1 unspecified atom stereocenters. The molecule has 5 N–H and O–H groups in total. The molecule has 1 aliphatic carbocycles. The van der Waals surface area contributed by atoms with Gasteiger partial charge < -0.3 is 21.7 Å². The zero-order valence-electron chi connectivity index (χ0n) is 18.5. The quantitative estimate of drug-likeness (QED) is 0.650. The molecule has 2 fully saturated rings. The smallest absolute Gasteiger partial charge is 0.254 e. The van der Waals surface area contributed by atoms with Crippen LogP contribution in [0.1, 0.15) is 86.0 Å². The Bertz CT molecular complexity index is 940. The lowest BCUT2D eigenvalue weighted by molar-refractivity contribution is 0.100. The number of piperidine rings is 1. The van der Waals surface area contributed by atoms with Crippen LogP contribution in [0.25, 0.3) is 0 Å². The van der Waals surface area contributed by atoms with Crippen molar-refractivity contribution in [2.45, 2.75) is 70.3 Å². The number of nitrogens with one attached hydrogen (secondary N) is 1. The average Bonchev–Trinajstić information content (AvgIpc) is 3.28. The molecule has 166 valence electrons. The number of nitrogens with two attached hydrogens (primary N) is 2. The Morgan fingerprint density at radius 3 is 2.61 bits per heavy atom. The van der Waals surface area contributed by atoms with E-state index < -0.39 is 5.91 Å². The number of hydrogen-bond acceptors (Lipinski definition) is 7. The van der Waals surface area contributed by atoms with Crippen LogP contribution in [-0.4, -0.2) is 40.0 Å². The lowest BCUT2D eigenvalue weighted by Gasteiger charge is -2.31. The predicted molar refractivity (Wildman–Crippen MR) is 123 cm³/mol. The van der Waals surface area contributed by atoms with Crippen LogP contribution >= 0.6 is 0 Å². The molecule has 1 atom stereocenters. The highest BCUT2D eigenvalue weighted by Crippen LogP contribution is 2.35. The van der Waals surface area contributed by atoms with Gasteiger partial charge in [0.05, 0.1) is 0 Å². The molecule has 2 aliphatic rings. The zero-order valence-corrected chi connectivity index (χ0v) is 18.5. The Labute approximate surface area is 183 Å². The molecule has 8 heteroatoms. The Balaban J connectivity index is 1.68. The van der Waals surface area contributed by atoms with Gasteiger partial charge in [-0.15, -0.1) is 0 Å². The molecule has 0 radical (unpaired) electrons. The van der Waals surface area contributed by atoms with Crippen LogP contribution in [0, 0.1) is 0 Å². The van der Waals surface area contributed by atoms with Crippen molar-refractivity contribution in [2.75, 3.05) is 23.3 Å². The summed E-state index contributed by atoms with van der Waals surface area (Å²) in [5, 5.41) is 3.35. The predicted octanol–water partition coefficient (Wildman–Crippen LogP) is 3.42. The fourth-order valence-corrected chi connectivity index (χ4v) is 4.50. The number of nitrogens with zero attached hydrogens (tertiary/aromatic N) is 4. The molecule has 8 nitrogen and oxygen atoms in total. The van der Waals surface area contributed by atoms with Gasteiger partial charge in [0.15, 0.2) is 0 Å². The third-order valence-electron chi connectivity index (χ3n) is 6.27. The number of anilines is 3. The number of rotatable bonds is 6. The van der Waals surface area contributed by atoms with E-state index in [0.717, 1.165) is 36.5 Å². The monoisotopic (exact) mass is 423 g/mol. The fourth-order valence-electron chi connectivity index (χ4n) is 4.50. The SMILES string of the molecule is CC(C)c1cc(Nc2nc(N3CCCC(N)C3)ncc2C(N)=O)cc(C2CCCC2)n1. The molecule has 2 aromatic rings. The van der Waals surface area contributed by atoms with Crippen molar-refractivity contribution in [1.82, 2.24) is 15.0 Å². The van der Waals surface area contributed by atoms with Crippen molar-refractivity contribution in [3.05, 3.63) is 35.3 Å². The molecule has 0 aromatic carbocycles. The maximum atomic E-state index is 12.1. The van der Waals surface area contributed by atoms with Gasteiger partial charge in [-0.25, -0.2) is 4.98 Å². The van der Waals surface area contributed by atoms with E-state index in [9.17, 15) is 4.79 Å². The maximum Gasteiger partial charge on any atom is 0.254 e. The number of aromatic nitrogens is 3. The molecule has 1 saturated heterocycles. The normalized spacial score (nSPS) is 19.7. The number of carbonyl (C=O) groups is 1. The molecule has 4 rings (SSSR count). The van der Waals surface area contributed by atoms with Gasteiger partial charge in [-0.3, -0.25) is 9.78 Å². The second kappa shape index (κ2) is 9.18. The standard InChI is InChI=1S/C23H33N7O/c1-14(2)19-10-17(11-20(28-19)15-6-3-4-7-15)27-22-18(21(25)31)12-26-23(29-22)30-9-5-8-16(24)13-30/h10-12,14-16H,3-9,13,24H2,1-2H3,(H2,25,31)(H,26,27,28,29). The molecular formula is C23H33N7O. The molecule has 1 saturated carbocycles. The van der Waals surface area contributed by atoms with Crippen molar-refractivity contribution in [1.29, 1.82) is 0 Å². The van der Waals surface area contributed by atoms with Crippen LogP contribution in [-0.2, 0) is 0 Å².